The topological polar surface area (TPSA) is 59.9 Å². The Labute approximate surface area is 163 Å². The number of amides is 1. The van der Waals surface area contributed by atoms with Crippen LogP contribution in [0.25, 0.3) is 0 Å². The highest BCUT2D eigenvalue weighted by Crippen LogP contribution is 2.35. The quantitative estimate of drug-likeness (QED) is 0.411. The van der Waals surface area contributed by atoms with Crippen LogP contribution in [0.4, 0.5) is 13.6 Å². The number of hydrogen-bond donors (Lipinski definition) is 1. The predicted molar refractivity (Wildman–Crippen MR) is 106 cm³/mol. The number of nitrogens with one attached hydrogen (secondary N) is 1. The number of nitrogens with zero attached hydrogens (tertiary/aromatic N) is 1. The number of halogens is 2. The summed E-state index contributed by atoms with van der Waals surface area (Å²) in [6.45, 7) is 8.94. The normalized spacial score (nSPS) is 19.6. The molecule has 0 radical (unpaired) electrons. The lowest BCUT2D eigenvalue weighted by Crippen LogP contribution is -2.31. The van der Waals surface area contributed by atoms with Crippen molar-refractivity contribution in [2.24, 2.45) is 4.99 Å². The van der Waals surface area contributed by atoms with Gasteiger partial charge in [-0.3, -0.25) is 5.32 Å². The van der Waals surface area contributed by atoms with Gasteiger partial charge in [-0.15, -0.1) is 0 Å². The first-order valence-corrected chi connectivity index (χ1v) is 13.1. The molecule has 0 bridgehead atoms. The Hall–Kier alpha value is -1.71. The van der Waals surface area contributed by atoms with E-state index in [1.807, 2.05) is 0 Å². The number of benzene rings is 1. The zero-order valence-electron chi connectivity index (χ0n) is 15.8. The molecule has 0 saturated carbocycles. The van der Waals surface area contributed by atoms with Crippen molar-refractivity contribution >= 4 is 31.2 Å². The summed E-state index contributed by atoms with van der Waals surface area (Å²) in [5.74, 6) is -1.92. The van der Waals surface area contributed by atoms with Gasteiger partial charge in [0.25, 0.3) is 5.23 Å². The summed E-state index contributed by atoms with van der Waals surface area (Å²) in [4.78, 5) is 16.2. The fraction of sp³-hybridized carbons (Fsp3) is 0.444. The number of carbonyl (C=O) groups is 1. The van der Waals surface area contributed by atoms with E-state index >= 15 is 0 Å². The molecule has 148 valence electrons. The molecule has 27 heavy (non-hydrogen) atoms. The molecule has 1 unspecified atom stereocenters. The number of rotatable bonds is 6. The third kappa shape index (κ3) is 6.44. The van der Waals surface area contributed by atoms with Gasteiger partial charge < -0.3 is 9.47 Å². The van der Waals surface area contributed by atoms with E-state index in [4.69, 9.17) is 9.47 Å². The van der Waals surface area contributed by atoms with Crippen molar-refractivity contribution in [2.45, 2.75) is 38.1 Å². The monoisotopic (exact) mass is 414 g/mol. The molecule has 9 heteroatoms. The van der Waals surface area contributed by atoms with Gasteiger partial charge in [0.15, 0.2) is 11.6 Å². The number of thioether (sulfide) groups is 1. The fourth-order valence-corrected chi connectivity index (χ4v) is 3.82. The van der Waals surface area contributed by atoms with Gasteiger partial charge in [0.05, 0.1) is 0 Å². The minimum atomic E-state index is -1.18. The zero-order valence-corrected chi connectivity index (χ0v) is 17.7. The van der Waals surface area contributed by atoms with Gasteiger partial charge >= 0.3 is 6.09 Å². The maximum atomic E-state index is 14.1. The van der Waals surface area contributed by atoms with Crippen LogP contribution in [0.5, 0.6) is 0 Å². The standard InChI is InChI=1S/C18H24F2N2O3SSi/c1-18(13-6-5-7-14(19)15(13)20)8-10-26-17(22-18)25-16(23)21-12-24-9-11-27(2,3)4/h5-8,10H,9,11-12H2,1-4H3,(H,21,23). The molecular weight excluding hydrogens is 390 g/mol. The van der Waals surface area contributed by atoms with Crippen molar-refractivity contribution < 1.29 is 23.0 Å². The fourth-order valence-electron chi connectivity index (χ4n) is 2.25. The molecule has 0 saturated heterocycles. The molecule has 1 heterocycles. The van der Waals surface area contributed by atoms with Crippen molar-refractivity contribution in [3.05, 3.63) is 46.9 Å². The summed E-state index contributed by atoms with van der Waals surface area (Å²) in [5, 5.41) is 4.16. The van der Waals surface area contributed by atoms with E-state index in [-0.39, 0.29) is 17.5 Å². The van der Waals surface area contributed by atoms with Gasteiger partial charge in [-0.1, -0.05) is 31.8 Å². The number of hydrogen-bond acceptors (Lipinski definition) is 5. The highest BCUT2D eigenvalue weighted by Gasteiger charge is 2.31. The second-order valence-corrected chi connectivity index (χ2v) is 14.0. The minimum Gasteiger partial charge on any atom is -0.385 e. The van der Waals surface area contributed by atoms with Crippen LogP contribution in [-0.2, 0) is 15.0 Å². The van der Waals surface area contributed by atoms with Gasteiger partial charge in [0, 0.05) is 20.2 Å². The Morgan fingerprint density at radius 1 is 1.33 bits per heavy atom. The minimum absolute atomic E-state index is 0.0346. The smallest absolute Gasteiger partial charge is 0.385 e. The van der Waals surface area contributed by atoms with Crippen LogP contribution in [0.2, 0.25) is 25.7 Å². The first kappa shape index (κ1) is 21.6. The summed E-state index contributed by atoms with van der Waals surface area (Å²) < 4.78 is 38.2. The van der Waals surface area contributed by atoms with E-state index < -0.39 is 31.3 Å². The summed E-state index contributed by atoms with van der Waals surface area (Å²) in [6.07, 6.45) is 0.909. The van der Waals surface area contributed by atoms with Crippen LogP contribution in [0, 0.1) is 11.6 Å². The first-order valence-electron chi connectivity index (χ1n) is 8.53. The average Bonchev–Trinajstić information content (AvgIpc) is 2.56. The predicted octanol–water partition coefficient (Wildman–Crippen LogP) is 4.84. The SMILES string of the molecule is CC1(c2cccc(F)c2F)C=CSC(OC(=O)NCOCC[Si](C)(C)C)=N1. The van der Waals surface area contributed by atoms with Gasteiger partial charge in [-0.05, 0) is 42.3 Å². The maximum Gasteiger partial charge on any atom is 0.416 e. The Balaban J connectivity index is 1.93. The van der Waals surface area contributed by atoms with E-state index in [9.17, 15) is 13.6 Å². The van der Waals surface area contributed by atoms with Crippen molar-refractivity contribution in [3.63, 3.8) is 0 Å². The molecule has 0 fully saturated rings. The van der Waals surface area contributed by atoms with E-state index in [0.29, 0.717) is 6.61 Å². The highest BCUT2D eigenvalue weighted by atomic mass is 32.2. The van der Waals surface area contributed by atoms with Crippen LogP contribution >= 0.6 is 11.8 Å². The lowest BCUT2D eigenvalue weighted by molar-refractivity contribution is 0.120. The molecular formula is C18H24F2N2O3SSi. The van der Waals surface area contributed by atoms with Crippen LogP contribution < -0.4 is 5.32 Å². The lowest BCUT2D eigenvalue weighted by atomic mass is 9.92. The largest absolute Gasteiger partial charge is 0.416 e. The van der Waals surface area contributed by atoms with Crippen LogP contribution in [0.15, 0.2) is 34.7 Å². The lowest BCUT2D eigenvalue weighted by Gasteiger charge is -2.26. The molecule has 2 rings (SSSR count). The Kier molecular flexibility index (Phi) is 7.18. The Bertz CT molecular complexity index is 753. The summed E-state index contributed by atoms with van der Waals surface area (Å²) >= 11 is 1.08. The van der Waals surface area contributed by atoms with Crippen molar-refractivity contribution in [1.82, 2.24) is 5.32 Å². The van der Waals surface area contributed by atoms with Crippen molar-refractivity contribution in [2.75, 3.05) is 13.3 Å². The van der Waals surface area contributed by atoms with E-state index in [1.54, 1.807) is 18.4 Å². The van der Waals surface area contributed by atoms with E-state index in [0.717, 1.165) is 23.9 Å². The number of aliphatic imine (C=N–C) groups is 1. The molecule has 1 aromatic carbocycles. The summed E-state index contributed by atoms with van der Waals surface area (Å²) in [6, 6.07) is 4.90. The van der Waals surface area contributed by atoms with Crippen LogP contribution in [0.3, 0.4) is 0 Å². The van der Waals surface area contributed by atoms with Crippen LogP contribution in [0.1, 0.15) is 12.5 Å². The first-order chi connectivity index (χ1) is 12.6. The molecule has 0 spiro atoms. The molecule has 0 aliphatic carbocycles. The molecule has 5 nitrogen and oxygen atoms in total. The third-order valence-electron chi connectivity index (χ3n) is 3.88. The van der Waals surface area contributed by atoms with Gasteiger partial charge in [0.1, 0.15) is 12.3 Å². The average molecular weight is 415 g/mol. The molecule has 1 amide bonds. The summed E-state index contributed by atoms with van der Waals surface area (Å²) in [7, 11) is -1.18. The molecule has 1 atom stereocenters. The molecule has 1 N–H and O–H groups in total. The number of carbonyl (C=O) groups excluding carboxylic acids is 1. The summed E-state index contributed by atoms with van der Waals surface area (Å²) in [5.41, 5.74) is -1.10. The van der Waals surface area contributed by atoms with Crippen LogP contribution in [-0.4, -0.2) is 32.7 Å². The maximum absolute atomic E-state index is 14.1. The second kappa shape index (κ2) is 8.98. The highest BCUT2D eigenvalue weighted by molar-refractivity contribution is 8.16. The third-order valence-corrected chi connectivity index (χ3v) is 6.23. The van der Waals surface area contributed by atoms with Gasteiger partial charge in [0.2, 0.25) is 0 Å². The van der Waals surface area contributed by atoms with E-state index in [1.165, 1.54) is 12.1 Å². The van der Waals surface area contributed by atoms with Crippen molar-refractivity contribution in [3.8, 4) is 0 Å². The Morgan fingerprint density at radius 2 is 2.07 bits per heavy atom. The molecule has 1 aliphatic rings. The van der Waals surface area contributed by atoms with E-state index in [2.05, 4.69) is 30.0 Å². The van der Waals surface area contributed by atoms with Gasteiger partial charge in [-0.2, -0.15) is 0 Å². The molecule has 0 aromatic heterocycles. The Morgan fingerprint density at radius 3 is 2.78 bits per heavy atom. The van der Waals surface area contributed by atoms with Crippen molar-refractivity contribution in [1.29, 1.82) is 0 Å². The van der Waals surface area contributed by atoms with Gasteiger partial charge in [-0.25, -0.2) is 18.6 Å². The second-order valence-electron chi connectivity index (χ2n) is 7.48. The number of ether oxygens (including phenoxy) is 2. The number of alkyl carbamates (subject to hydrolysis) is 1. The molecule has 1 aromatic rings. The molecule has 1 aliphatic heterocycles. The zero-order chi connectivity index (χ0) is 20.1.